The molecule has 0 atom stereocenters. The van der Waals surface area contributed by atoms with Gasteiger partial charge in [-0.15, -0.1) is 0 Å². The molecule has 0 radical (unpaired) electrons. The fourth-order valence-electron chi connectivity index (χ4n) is 1.34. The molecule has 5 nitrogen and oxygen atoms in total. The van der Waals surface area contributed by atoms with Crippen molar-refractivity contribution in [2.75, 3.05) is 13.4 Å². The standard InChI is InChI=1S/C11H12O5S/c1-7(12)9-5-4-8(17(3,14)15)6-10(9)11(13)16-2/h4-6H,1-3H3. The highest BCUT2D eigenvalue weighted by Gasteiger charge is 2.18. The van der Waals surface area contributed by atoms with E-state index in [1.165, 1.54) is 26.2 Å². The van der Waals surface area contributed by atoms with Crippen molar-refractivity contribution in [2.24, 2.45) is 0 Å². The van der Waals surface area contributed by atoms with Crippen LogP contribution in [0, 0.1) is 0 Å². The van der Waals surface area contributed by atoms with Crippen molar-refractivity contribution in [3.8, 4) is 0 Å². The number of hydrogen-bond donors (Lipinski definition) is 0. The van der Waals surface area contributed by atoms with Crippen molar-refractivity contribution in [3.05, 3.63) is 29.3 Å². The molecule has 1 aromatic carbocycles. The van der Waals surface area contributed by atoms with Crippen LogP contribution >= 0.6 is 0 Å². The van der Waals surface area contributed by atoms with Gasteiger partial charge in [0.2, 0.25) is 0 Å². The Kier molecular flexibility index (Phi) is 3.67. The first-order chi connectivity index (χ1) is 7.77. The van der Waals surface area contributed by atoms with E-state index in [9.17, 15) is 18.0 Å². The van der Waals surface area contributed by atoms with Crippen molar-refractivity contribution in [2.45, 2.75) is 11.8 Å². The Bertz CT molecular complexity index is 572. The number of Topliss-reactive ketones (excluding diaryl/α,β-unsaturated/α-hetero) is 1. The lowest BCUT2D eigenvalue weighted by molar-refractivity contribution is 0.0597. The van der Waals surface area contributed by atoms with Gasteiger partial charge in [0.05, 0.1) is 17.6 Å². The minimum absolute atomic E-state index is 0.0251. The number of esters is 1. The minimum atomic E-state index is -3.43. The second-order valence-corrected chi connectivity index (χ2v) is 5.54. The SMILES string of the molecule is COC(=O)c1cc(S(C)(=O)=O)ccc1C(C)=O. The van der Waals surface area contributed by atoms with Crippen LogP contribution in [0.1, 0.15) is 27.6 Å². The van der Waals surface area contributed by atoms with Crippen molar-refractivity contribution < 1.29 is 22.7 Å². The van der Waals surface area contributed by atoms with E-state index < -0.39 is 15.8 Å². The van der Waals surface area contributed by atoms with Crippen molar-refractivity contribution in [3.63, 3.8) is 0 Å². The van der Waals surface area contributed by atoms with Gasteiger partial charge in [0.15, 0.2) is 15.6 Å². The average molecular weight is 256 g/mol. The third kappa shape index (κ3) is 2.91. The zero-order chi connectivity index (χ0) is 13.2. The highest BCUT2D eigenvalue weighted by Crippen LogP contribution is 2.17. The minimum Gasteiger partial charge on any atom is -0.465 e. The first kappa shape index (κ1) is 13.4. The molecule has 0 aromatic heterocycles. The maximum atomic E-state index is 11.4. The number of ketones is 1. The van der Waals surface area contributed by atoms with E-state index >= 15 is 0 Å². The Morgan fingerprint density at radius 1 is 1.18 bits per heavy atom. The van der Waals surface area contributed by atoms with Crippen LogP contribution in [0.3, 0.4) is 0 Å². The van der Waals surface area contributed by atoms with Crippen LogP contribution in [0.5, 0.6) is 0 Å². The smallest absolute Gasteiger partial charge is 0.338 e. The Morgan fingerprint density at radius 3 is 2.18 bits per heavy atom. The van der Waals surface area contributed by atoms with Crippen LogP contribution in [-0.4, -0.2) is 33.5 Å². The summed E-state index contributed by atoms with van der Waals surface area (Å²) in [6, 6.07) is 3.75. The number of carbonyl (C=O) groups excluding carboxylic acids is 2. The monoisotopic (exact) mass is 256 g/mol. The number of rotatable bonds is 3. The zero-order valence-corrected chi connectivity index (χ0v) is 10.5. The Labute approximate surface area is 99.3 Å². The van der Waals surface area contributed by atoms with Crippen LogP contribution in [0.4, 0.5) is 0 Å². The lowest BCUT2D eigenvalue weighted by Crippen LogP contribution is -2.10. The molecule has 1 rings (SSSR count). The van der Waals surface area contributed by atoms with Gasteiger partial charge in [0.25, 0.3) is 0 Å². The first-order valence-electron chi connectivity index (χ1n) is 4.70. The predicted octanol–water partition coefficient (Wildman–Crippen LogP) is 1.08. The van der Waals surface area contributed by atoms with E-state index in [2.05, 4.69) is 4.74 Å². The second kappa shape index (κ2) is 4.67. The molecule has 6 heteroatoms. The Balaban J connectivity index is 3.50. The van der Waals surface area contributed by atoms with Gasteiger partial charge in [-0.1, -0.05) is 0 Å². The van der Waals surface area contributed by atoms with E-state index in [0.29, 0.717) is 0 Å². The van der Waals surface area contributed by atoms with Gasteiger partial charge in [-0.05, 0) is 25.1 Å². The molecule has 0 amide bonds. The summed E-state index contributed by atoms with van der Waals surface area (Å²) in [6.07, 6.45) is 1.02. The topological polar surface area (TPSA) is 77.5 Å². The largest absolute Gasteiger partial charge is 0.465 e. The summed E-state index contributed by atoms with van der Waals surface area (Å²) in [5, 5.41) is 0. The van der Waals surface area contributed by atoms with Crippen LogP contribution in [0.2, 0.25) is 0 Å². The van der Waals surface area contributed by atoms with Crippen molar-refractivity contribution in [1.82, 2.24) is 0 Å². The number of benzene rings is 1. The molecule has 0 aliphatic heterocycles. The first-order valence-corrected chi connectivity index (χ1v) is 6.60. The molecule has 0 saturated heterocycles. The molecule has 0 spiro atoms. The Hall–Kier alpha value is -1.69. The summed E-state index contributed by atoms with van der Waals surface area (Å²) in [5.74, 6) is -1.06. The predicted molar refractivity (Wildman–Crippen MR) is 60.9 cm³/mol. The molecule has 0 saturated carbocycles. The van der Waals surface area contributed by atoms with Gasteiger partial charge in [0.1, 0.15) is 0 Å². The molecule has 17 heavy (non-hydrogen) atoms. The molecule has 1 aromatic rings. The number of hydrogen-bond acceptors (Lipinski definition) is 5. The molecule has 0 aliphatic carbocycles. The van der Waals surface area contributed by atoms with E-state index in [1.54, 1.807) is 0 Å². The highest BCUT2D eigenvalue weighted by atomic mass is 32.2. The van der Waals surface area contributed by atoms with E-state index in [0.717, 1.165) is 12.3 Å². The second-order valence-electron chi connectivity index (χ2n) is 3.53. The molecule has 0 aliphatic rings. The third-order valence-corrected chi connectivity index (χ3v) is 3.31. The molecular weight excluding hydrogens is 244 g/mol. The van der Waals surface area contributed by atoms with Crippen LogP contribution < -0.4 is 0 Å². The average Bonchev–Trinajstić information content (AvgIpc) is 2.25. The molecule has 0 heterocycles. The van der Waals surface area contributed by atoms with Gasteiger partial charge in [-0.25, -0.2) is 13.2 Å². The number of ether oxygens (including phenoxy) is 1. The highest BCUT2D eigenvalue weighted by molar-refractivity contribution is 7.90. The van der Waals surface area contributed by atoms with Crippen molar-refractivity contribution in [1.29, 1.82) is 0 Å². The fraction of sp³-hybridized carbons (Fsp3) is 0.273. The molecular formula is C11H12O5S. The lowest BCUT2D eigenvalue weighted by Gasteiger charge is -2.07. The van der Waals surface area contributed by atoms with E-state index in [4.69, 9.17) is 0 Å². The number of methoxy groups -OCH3 is 1. The normalized spacial score (nSPS) is 11.0. The van der Waals surface area contributed by atoms with E-state index in [-0.39, 0.29) is 21.8 Å². The van der Waals surface area contributed by atoms with Gasteiger partial charge in [-0.3, -0.25) is 4.79 Å². The summed E-state index contributed by atoms with van der Waals surface area (Å²) in [7, 11) is -2.26. The van der Waals surface area contributed by atoms with Gasteiger partial charge < -0.3 is 4.74 Å². The summed E-state index contributed by atoms with van der Waals surface area (Å²) in [4.78, 5) is 22.7. The zero-order valence-electron chi connectivity index (χ0n) is 9.68. The number of sulfone groups is 1. The van der Waals surface area contributed by atoms with Gasteiger partial charge in [-0.2, -0.15) is 0 Å². The Morgan fingerprint density at radius 2 is 1.76 bits per heavy atom. The summed E-state index contributed by atoms with van der Waals surface area (Å²) in [5.41, 5.74) is 0.104. The lowest BCUT2D eigenvalue weighted by atomic mass is 10.0. The molecule has 0 N–H and O–H groups in total. The third-order valence-electron chi connectivity index (χ3n) is 2.20. The van der Waals surface area contributed by atoms with Crippen molar-refractivity contribution >= 4 is 21.6 Å². The van der Waals surface area contributed by atoms with Crippen LogP contribution in [-0.2, 0) is 14.6 Å². The molecule has 0 fully saturated rings. The summed E-state index contributed by atoms with van der Waals surface area (Å²) >= 11 is 0. The maximum absolute atomic E-state index is 11.4. The molecule has 92 valence electrons. The molecule has 0 bridgehead atoms. The summed E-state index contributed by atoms with van der Waals surface area (Å²) < 4.78 is 27.2. The summed E-state index contributed by atoms with van der Waals surface area (Å²) in [6.45, 7) is 1.29. The van der Waals surface area contributed by atoms with E-state index in [1.807, 2.05) is 0 Å². The maximum Gasteiger partial charge on any atom is 0.338 e. The van der Waals surface area contributed by atoms with Crippen LogP contribution in [0.15, 0.2) is 23.1 Å². The fourth-order valence-corrected chi connectivity index (χ4v) is 1.99. The van der Waals surface area contributed by atoms with Gasteiger partial charge >= 0.3 is 5.97 Å². The van der Waals surface area contributed by atoms with Gasteiger partial charge in [0, 0.05) is 11.8 Å². The quantitative estimate of drug-likeness (QED) is 0.597. The van der Waals surface area contributed by atoms with Crippen LogP contribution in [0.25, 0.3) is 0 Å². The molecule has 0 unspecified atom stereocenters. The number of carbonyl (C=O) groups is 2.